The fraction of sp³-hybridized carbons (Fsp3) is 0.550. The Morgan fingerprint density at radius 1 is 1.10 bits per heavy atom. The number of carbonyl (C=O) groups excluding carboxylic acids is 3. The summed E-state index contributed by atoms with van der Waals surface area (Å²) in [4.78, 5) is 35.5. The van der Waals surface area contributed by atoms with E-state index in [1.165, 1.54) is 6.92 Å². The maximum atomic E-state index is 12.0. The molecule has 2 rings (SSSR count). The Morgan fingerprint density at radius 2 is 1.76 bits per heavy atom. The minimum Gasteiger partial charge on any atom is -0.427 e. The van der Waals surface area contributed by atoms with Crippen molar-refractivity contribution in [2.75, 3.05) is 6.54 Å². The van der Waals surface area contributed by atoms with Gasteiger partial charge in [-0.05, 0) is 43.5 Å². The molecule has 0 bridgehead atoms. The summed E-state index contributed by atoms with van der Waals surface area (Å²) in [6.45, 7) is 1.74. The van der Waals surface area contributed by atoms with Crippen LogP contribution in [0.5, 0.6) is 5.75 Å². The smallest absolute Gasteiger partial charge is 0.427 e. The summed E-state index contributed by atoms with van der Waals surface area (Å²) in [6.07, 6.45) is 3.71. The van der Waals surface area contributed by atoms with Crippen LogP contribution in [-0.2, 0) is 19.1 Å². The molecule has 1 unspecified atom stereocenters. The molecule has 0 saturated heterocycles. The Balaban J connectivity index is 0.00000420. The number of alkyl carbamates (subject to hydrolysis) is 1. The number of benzene rings is 1. The molecule has 0 aromatic heterocycles. The Kier molecular flexibility index (Phi) is 12.3. The Morgan fingerprint density at radius 3 is 2.41 bits per heavy atom. The van der Waals surface area contributed by atoms with Gasteiger partial charge in [-0.25, -0.2) is 4.79 Å². The van der Waals surface area contributed by atoms with E-state index in [1.807, 2.05) is 0 Å². The third kappa shape index (κ3) is 10.3. The van der Waals surface area contributed by atoms with Crippen LogP contribution in [0.3, 0.4) is 0 Å². The summed E-state index contributed by atoms with van der Waals surface area (Å²) in [5, 5.41) is 3.07. The van der Waals surface area contributed by atoms with Gasteiger partial charge in [0.2, 0.25) is 6.29 Å². The fourth-order valence-corrected chi connectivity index (χ4v) is 3.05. The summed E-state index contributed by atoms with van der Waals surface area (Å²) in [6, 6.07) is 6.46. The standard InChI is InChI=1S/C20H26ClNO6.Na/c1-14(26-19(24)15-6-3-2-4-7-15)27-20(25)22-13-5-8-18(23)28-17-11-9-16(21)10-12-17;/h9-12,14-15H,2-8,13H2,1H3,(H,22,25);/q;+1. The van der Waals surface area contributed by atoms with Gasteiger partial charge < -0.3 is 19.5 Å². The molecule has 29 heavy (non-hydrogen) atoms. The summed E-state index contributed by atoms with van der Waals surface area (Å²) >= 11 is 5.76. The van der Waals surface area contributed by atoms with E-state index in [2.05, 4.69) is 5.32 Å². The molecule has 1 amide bonds. The molecule has 9 heteroatoms. The molecule has 154 valence electrons. The van der Waals surface area contributed by atoms with Crippen LogP contribution < -0.4 is 39.6 Å². The third-order valence-electron chi connectivity index (χ3n) is 4.37. The number of hydrogen-bond donors (Lipinski definition) is 1. The number of ether oxygens (including phenoxy) is 3. The van der Waals surface area contributed by atoms with Gasteiger partial charge >= 0.3 is 47.6 Å². The van der Waals surface area contributed by atoms with Crippen LogP contribution in [0.15, 0.2) is 24.3 Å². The number of amides is 1. The predicted molar refractivity (Wildman–Crippen MR) is 103 cm³/mol. The second-order valence-electron chi connectivity index (χ2n) is 6.70. The first-order valence-corrected chi connectivity index (χ1v) is 9.93. The van der Waals surface area contributed by atoms with Crippen molar-refractivity contribution >= 4 is 29.6 Å². The monoisotopic (exact) mass is 434 g/mol. The maximum absolute atomic E-state index is 12.0. The SMILES string of the molecule is CC(OC(=O)NCCCC(=O)Oc1ccc(Cl)cc1)OC(=O)C1CCCCC1.[Na+]. The molecular formula is C20H26ClNNaO6+. The average Bonchev–Trinajstić information content (AvgIpc) is 2.67. The van der Waals surface area contributed by atoms with Gasteiger partial charge in [-0.3, -0.25) is 9.59 Å². The molecule has 1 fully saturated rings. The van der Waals surface area contributed by atoms with E-state index in [0.717, 1.165) is 32.1 Å². The summed E-state index contributed by atoms with van der Waals surface area (Å²) in [5.41, 5.74) is 0. The number of rotatable bonds is 8. The zero-order valence-electron chi connectivity index (χ0n) is 16.9. The molecule has 0 heterocycles. The quantitative estimate of drug-likeness (QED) is 0.217. The van der Waals surface area contributed by atoms with Gasteiger partial charge in [-0.15, -0.1) is 0 Å². The molecule has 1 saturated carbocycles. The fourth-order valence-electron chi connectivity index (χ4n) is 2.92. The Hall–Kier alpha value is -1.28. The molecule has 0 radical (unpaired) electrons. The number of halogens is 1. The minimum atomic E-state index is -0.954. The zero-order chi connectivity index (χ0) is 20.4. The second-order valence-corrected chi connectivity index (χ2v) is 7.14. The van der Waals surface area contributed by atoms with Crippen molar-refractivity contribution in [1.82, 2.24) is 5.32 Å². The summed E-state index contributed by atoms with van der Waals surface area (Å²) in [7, 11) is 0. The second kappa shape index (κ2) is 13.9. The zero-order valence-corrected chi connectivity index (χ0v) is 19.7. The van der Waals surface area contributed by atoms with Crippen LogP contribution in [0.2, 0.25) is 5.02 Å². The van der Waals surface area contributed by atoms with Gasteiger partial charge in [-0.2, -0.15) is 0 Å². The molecular weight excluding hydrogens is 409 g/mol. The maximum Gasteiger partial charge on any atom is 1.00 e. The normalized spacial score (nSPS) is 14.8. The first-order valence-electron chi connectivity index (χ1n) is 9.55. The first kappa shape index (κ1) is 25.8. The van der Waals surface area contributed by atoms with E-state index in [0.29, 0.717) is 17.2 Å². The van der Waals surface area contributed by atoms with Crippen LogP contribution in [0.4, 0.5) is 4.79 Å². The molecule has 1 atom stereocenters. The van der Waals surface area contributed by atoms with Gasteiger partial charge in [0.05, 0.1) is 5.92 Å². The first-order chi connectivity index (χ1) is 13.4. The van der Waals surface area contributed by atoms with Crippen LogP contribution in [-0.4, -0.2) is 30.9 Å². The van der Waals surface area contributed by atoms with Gasteiger partial charge in [0, 0.05) is 24.9 Å². The third-order valence-corrected chi connectivity index (χ3v) is 4.62. The van der Waals surface area contributed by atoms with Crippen LogP contribution in [0, 0.1) is 5.92 Å². The van der Waals surface area contributed by atoms with Crippen molar-refractivity contribution in [2.24, 2.45) is 5.92 Å². The van der Waals surface area contributed by atoms with Crippen molar-refractivity contribution in [2.45, 2.75) is 58.2 Å². The number of carbonyl (C=O) groups is 3. The topological polar surface area (TPSA) is 90.9 Å². The molecule has 7 nitrogen and oxygen atoms in total. The summed E-state index contributed by atoms with van der Waals surface area (Å²) < 4.78 is 15.3. The summed E-state index contributed by atoms with van der Waals surface area (Å²) in [5.74, 6) is -0.415. The Labute approximate surface area is 198 Å². The Bertz CT molecular complexity index is 663. The van der Waals surface area contributed by atoms with Gasteiger partial charge in [0.15, 0.2) is 0 Å². The van der Waals surface area contributed by atoms with Crippen molar-refractivity contribution in [3.8, 4) is 5.75 Å². The van der Waals surface area contributed by atoms with Crippen molar-refractivity contribution in [3.63, 3.8) is 0 Å². The average molecular weight is 435 g/mol. The van der Waals surface area contributed by atoms with Gasteiger partial charge in [-0.1, -0.05) is 30.9 Å². The minimum absolute atomic E-state index is 0. The molecule has 1 N–H and O–H groups in total. The molecule has 0 spiro atoms. The van der Waals surface area contributed by atoms with Crippen molar-refractivity contribution < 1.29 is 58.2 Å². The molecule has 1 aromatic rings. The van der Waals surface area contributed by atoms with Gasteiger partial charge in [0.25, 0.3) is 0 Å². The van der Waals surface area contributed by atoms with Crippen molar-refractivity contribution in [3.05, 3.63) is 29.3 Å². The predicted octanol–water partition coefficient (Wildman–Crippen LogP) is 1.23. The number of hydrogen-bond acceptors (Lipinski definition) is 6. The van der Waals surface area contributed by atoms with Crippen molar-refractivity contribution in [1.29, 1.82) is 0 Å². The molecule has 1 aliphatic rings. The van der Waals surface area contributed by atoms with Crippen LogP contribution in [0.1, 0.15) is 51.9 Å². The van der Waals surface area contributed by atoms with E-state index in [1.54, 1.807) is 24.3 Å². The van der Waals surface area contributed by atoms with E-state index in [4.69, 9.17) is 25.8 Å². The van der Waals surface area contributed by atoms with E-state index >= 15 is 0 Å². The molecule has 1 aliphatic carbocycles. The van der Waals surface area contributed by atoms with E-state index in [9.17, 15) is 14.4 Å². The van der Waals surface area contributed by atoms with Crippen LogP contribution in [0.25, 0.3) is 0 Å². The largest absolute Gasteiger partial charge is 1.00 e. The number of nitrogens with one attached hydrogen (secondary N) is 1. The van der Waals surface area contributed by atoms with E-state index in [-0.39, 0.29) is 54.4 Å². The molecule has 0 aliphatic heterocycles. The van der Waals surface area contributed by atoms with Gasteiger partial charge in [0.1, 0.15) is 5.75 Å². The van der Waals surface area contributed by atoms with Crippen LogP contribution >= 0.6 is 11.6 Å². The van der Waals surface area contributed by atoms with E-state index < -0.39 is 18.4 Å². The number of esters is 2. The molecule has 1 aromatic carbocycles.